The molecule has 0 saturated carbocycles. The zero-order valence-electron chi connectivity index (χ0n) is 26.5. The maximum atomic E-state index is 6.07. The Morgan fingerprint density at radius 1 is 0.306 bits per heavy atom. The summed E-state index contributed by atoms with van der Waals surface area (Å²) in [5.41, 5.74) is 11.3. The average Bonchev–Trinajstić information content (AvgIpc) is 3.56. The van der Waals surface area contributed by atoms with Gasteiger partial charge in [0.05, 0.1) is 0 Å². The standard InChI is InChI=1S/C45H29N3O/c1-4-13-32(14-5-1)42-36(31-25-23-30(24-26-31)35-27-28-41-39(29-35)37-19-10-11-22-40(37)49-41)20-12-21-38(42)45-47-43(33-15-6-2-7-16-33)46-44(48-45)34-17-8-3-9-18-34/h1-29H. The fraction of sp³-hybridized carbons (Fsp3) is 0. The van der Waals surface area contributed by atoms with Crippen molar-refractivity contribution in [3.8, 4) is 67.5 Å². The summed E-state index contributed by atoms with van der Waals surface area (Å²) >= 11 is 0. The number of rotatable bonds is 6. The van der Waals surface area contributed by atoms with Crippen LogP contribution >= 0.6 is 0 Å². The molecule has 0 atom stereocenters. The highest BCUT2D eigenvalue weighted by molar-refractivity contribution is 6.06. The Bertz CT molecular complexity index is 2520. The number of hydrogen-bond acceptors (Lipinski definition) is 4. The third-order valence-electron chi connectivity index (χ3n) is 8.97. The molecule has 2 heterocycles. The molecule has 0 amide bonds. The van der Waals surface area contributed by atoms with E-state index < -0.39 is 0 Å². The highest BCUT2D eigenvalue weighted by atomic mass is 16.3. The highest BCUT2D eigenvalue weighted by Crippen LogP contribution is 2.41. The minimum Gasteiger partial charge on any atom is -0.456 e. The van der Waals surface area contributed by atoms with Crippen molar-refractivity contribution in [2.45, 2.75) is 0 Å². The van der Waals surface area contributed by atoms with Gasteiger partial charge in [-0.25, -0.2) is 15.0 Å². The predicted molar refractivity (Wildman–Crippen MR) is 200 cm³/mol. The van der Waals surface area contributed by atoms with Crippen LogP contribution in [-0.4, -0.2) is 15.0 Å². The molecule has 9 rings (SSSR count). The highest BCUT2D eigenvalue weighted by Gasteiger charge is 2.19. The van der Waals surface area contributed by atoms with E-state index in [1.54, 1.807) is 0 Å². The SMILES string of the molecule is c1ccc(-c2nc(-c3ccccc3)nc(-c3cccc(-c4ccc(-c5ccc6oc7ccccc7c6c5)cc4)c3-c3ccccc3)n2)cc1. The largest absolute Gasteiger partial charge is 0.456 e. The second kappa shape index (κ2) is 12.2. The van der Waals surface area contributed by atoms with Gasteiger partial charge in [0.2, 0.25) is 0 Å². The summed E-state index contributed by atoms with van der Waals surface area (Å²) in [6.45, 7) is 0. The van der Waals surface area contributed by atoms with E-state index in [9.17, 15) is 0 Å². The molecular formula is C45H29N3O. The number of aromatic nitrogens is 3. The molecule has 0 bridgehead atoms. The molecule has 0 aliphatic heterocycles. The van der Waals surface area contributed by atoms with E-state index in [2.05, 4.69) is 97.1 Å². The zero-order valence-corrected chi connectivity index (χ0v) is 26.5. The smallest absolute Gasteiger partial charge is 0.164 e. The molecule has 7 aromatic carbocycles. The first kappa shape index (κ1) is 28.6. The lowest BCUT2D eigenvalue weighted by atomic mass is 9.89. The number of para-hydroxylation sites is 1. The number of hydrogen-bond donors (Lipinski definition) is 0. The molecule has 0 N–H and O–H groups in total. The van der Waals surface area contributed by atoms with E-state index in [0.717, 1.165) is 72.0 Å². The lowest BCUT2D eigenvalue weighted by Crippen LogP contribution is -2.01. The van der Waals surface area contributed by atoms with Crippen LogP contribution in [0.2, 0.25) is 0 Å². The van der Waals surface area contributed by atoms with Gasteiger partial charge in [-0.05, 0) is 46.0 Å². The van der Waals surface area contributed by atoms with Crippen molar-refractivity contribution in [2.75, 3.05) is 0 Å². The van der Waals surface area contributed by atoms with Gasteiger partial charge in [-0.15, -0.1) is 0 Å². The fourth-order valence-corrected chi connectivity index (χ4v) is 6.57. The summed E-state index contributed by atoms with van der Waals surface area (Å²) in [5.74, 6) is 1.91. The number of fused-ring (bicyclic) bond motifs is 3. The Labute approximate surface area is 284 Å². The monoisotopic (exact) mass is 627 g/mol. The van der Waals surface area contributed by atoms with Gasteiger partial charge in [-0.3, -0.25) is 0 Å². The van der Waals surface area contributed by atoms with Crippen LogP contribution in [0.4, 0.5) is 0 Å². The molecule has 49 heavy (non-hydrogen) atoms. The van der Waals surface area contributed by atoms with E-state index in [1.165, 1.54) is 0 Å². The van der Waals surface area contributed by atoms with E-state index in [0.29, 0.717) is 17.5 Å². The van der Waals surface area contributed by atoms with Crippen molar-refractivity contribution < 1.29 is 4.42 Å². The van der Waals surface area contributed by atoms with Crippen LogP contribution in [-0.2, 0) is 0 Å². The van der Waals surface area contributed by atoms with Crippen molar-refractivity contribution in [3.63, 3.8) is 0 Å². The molecule has 9 aromatic rings. The first-order valence-corrected chi connectivity index (χ1v) is 16.4. The fourth-order valence-electron chi connectivity index (χ4n) is 6.57. The minimum atomic E-state index is 0.630. The van der Waals surface area contributed by atoms with Crippen LogP contribution in [0.5, 0.6) is 0 Å². The van der Waals surface area contributed by atoms with Crippen LogP contribution in [0.25, 0.3) is 89.5 Å². The molecule has 0 aliphatic rings. The molecule has 0 saturated heterocycles. The summed E-state index contributed by atoms with van der Waals surface area (Å²) in [6.07, 6.45) is 0. The van der Waals surface area contributed by atoms with Crippen molar-refractivity contribution in [1.29, 1.82) is 0 Å². The van der Waals surface area contributed by atoms with Crippen molar-refractivity contribution >= 4 is 21.9 Å². The van der Waals surface area contributed by atoms with Crippen molar-refractivity contribution in [3.05, 3.63) is 176 Å². The van der Waals surface area contributed by atoms with Crippen LogP contribution in [0.3, 0.4) is 0 Å². The second-order valence-corrected chi connectivity index (χ2v) is 12.0. The minimum absolute atomic E-state index is 0.630. The van der Waals surface area contributed by atoms with Gasteiger partial charge in [-0.1, -0.05) is 158 Å². The summed E-state index contributed by atoms with van der Waals surface area (Å²) in [5, 5.41) is 2.25. The Balaban J connectivity index is 1.19. The van der Waals surface area contributed by atoms with E-state index >= 15 is 0 Å². The molecule has 0 aliphatic carbocycles. The Morgan fingerprint density at radius 2 is 0.816 bits per heavy atom. The second-order valence-electron chi connectivity index (χ2n) is 12.0. The van der Waals surface area contributed by atoms with Gasteiger partial charge in [0.25, 0.3) is 0 Å². The number of nitrogens with zero attached hydrogens (tertiary/aromatic N) is 3. The van der Waals surface area contributed by atoms with Gasteiger partial charge >= 0.3 is 0 Å². The topological polar surface area (TPSA) is 51.8 Å². The van der Waals surface area contributed by atoms with Crippen LogP contribution in [0, 0.1) is 0 Å². The lowest BCUT2D eigenvalue weighted by molar-refractivity contribution is 0.669. The van der Waals surface area contributed by atoms with E-state index in [4.69, 9.17) is 19.4 Å². The summed E-state index contributed by atoms with van der Waals surface area (Å²) in [6, 6.07) is 60.5. The van der Waals surface area contributed by atoms with Crippen LogP contribution < -0.4 is 0 Å². The molecule has 4 heteroatoms. The molecule has 2 aromatic heterocycles. The third kappa shape index (κ3) is 5.35. The molecule has 0 spiro atoms. The predicted octanol–water partition coefficient (Wildman–Crippen LogP) is 11.8. The molecule has 4 nitrogen and oxygen atoms in total. The molecule has 230 valence electrons. The number of furan rings is 1. The van der Waals surface area contributed by atoms with Gasteiger partial charge in [-0.2, -0.15) is 0 Å². The summed E-state index contributed by atoms with van der Waals surface area (Å²) in [7, 11) is 0. The first-order chi connectivity index (χ1) is 24.3. The van der Waals surface area contributed by atoms with Crippen LogP contribution in [0.15, 0.2) is 180 Å². The molecule has 0 radical (unpaired) electrons. The van der Waals surface area contributed by atoms with E-state index in [-0.39, 0.29) is 0 Å². The van der Waals surface area contributed by atoms with Gasteiger partial charge in [0, 0.05) is 33.0 Å². The maximum Gasteiger partial charge on any atom is 0.164 e. The van der Waals surface area contributed by atoms with Gasteiger partial charge in [0.1, 0.15) is 11.2 Å². The summed E-state index contributed by atoms with van der Waals surface area (Å²) < 4.78 is 6.07. The molecule has 0 unspecified atom stereocenters. The first-order valence-electron chi connectivity index (χ1n) is 16.4. The third-order valence-corrected chi connectivity index (χ3v) is 8.97. The zero-order chi connectivity index (χ0) is 32.6. The molecule has 0 fully saturated rings. The van der Waals surface area contributed by atoms with Crippen molar-refractivity contribution in [2.24, 2.45) is 0 Å². The quantitative estimate of drug-likeness (QED) is 0.184. The number of benzene rings is 7. The maximum absolute atomic E-state index is 6.07. The van der Waals surface area contributed by atoms with Gasteiger partial charge < -0.3 is 4.42 Å². The van der Waals surface area contributed by atoms with Crippen molar-refractivity contribution in [1.82, 2.24) is 15.0 Å². The normalized spacial score (nSPS) is 11.3. The summed E-state index contributed by atoms with van der Waals surface area (Å²) in [4.78, 5) is 15.1. The van der Waals surface area contributed by atoms with Crippen LogP contribution in [0.1, 0.15) is 0 Å². The molecular weight excluding hydrogens is 599 g/mol. The Morgan fingerprint density at radius 3 is 1.49 bits per heavy atom. The Kier molecular flexibility index (Phi) is 7.10. The lowest BCUT2D eigenvalue weighted by Gasteiger charge is -2.17. The average molecular weight is 628 g/mol. The van der Waals surface area contributed by atoms with Gasteiger partial charge in [0.15, 0.2) is 17.5 Å². The van der Waals surface area contributed by atoms with E-state index in [1.807, 2.05) is 78.9 Å². The Hall–Kier alpha value is -6.65.